The Labute approximate surface area is 154 Å². The molecule has 0 aromatic heterocycles. The Morgan fingerprint density at radius 3 is 2.15 bits per heavy atom. The van der Waals surface area contributed by atoms with Gasteiger partial charge in [-0.25, -0.2) is 13.2 Å². The summed E-state index contributed by atoms with van der Waals surface area (Å²) >= 11 is 0. The zero-order valence-corrected chi connectivity index (χ0v) is 16.2. The minimum absolute atomic E-state index is 0.0524. The van der Waals surface area contributed by atoms with Gasteiger partial charge in [-0.15, -0.1) is 0 Å². The third kappa shape index (κ3) is 5.79. The zero-order valence-electron chi connectivity index (χ0n) is 15.4. The van der Waals surface area contributed by atoms with Crippen molar-refractivity contribution < 1.29 is 18.0 Å². The molecule has 144 valence electrons. The normalized spacial score (nSPS) is 16.9. The summed E-state index contributed by atoms with van der Waals surface area (Å²) in [5.74, 6) is -0.411. The van der Waals surface area contributed by atoms with Crippen LogP contribution in [0.5, 0.6) is 0 Å². The number of hydrogen-bond donors (Lipinski definition) is 2. The predicted octanol–water partition coefficient (Wildman–Crippen LogP) is 0.617. The van der Waals surface area contributed by atoms with Crippen LogP contribution >= 0.6 is 0 Å². The van der Waals surface area contributed by atoms with Gasteiger partial charge in [0.05, 0.1) is 11.4 Å². The van der Waals surface area contributed by atoms with Crippen molar-refractivity contribution in [1.82, 2.24) is 19.8 Å². The molecule has 3 amide bonds. The molecular formula is C17H26N4O4S. The maximum Gasteiger partial charge on any atom is 0.321 e. The molecule has 1 fully saturated rings. The molecule has 1 saturated heterocycles. The highest BCUT2D eigenvalue weighted by atomic mass is 32.2. The van der Waals surface area contributed by atoms with E-state index in [0.29, 0.717) is 26.2 Å². The molecule has 0 unspecified atom stereocenters. The van der Waals surface area contributed by atoms with E-state index in [1.165, 1.54) is 4.31 Å². The highest BCUT2D eigenvalue weighted by Gasteiger charge is 2.29. The van der Waals surface area contributed by atoms with E-state index >= 15 is 0 Å². The van der Waals surface area contributed by atoms with E-state index in [1.54, 1.807) is 30.3 Å². The molecule has 0 atom stereocenters. The van der Waals surface area contributed by atoms with Gasteiger partial charge in [-0.2, -0.15) is 4.31 Å². The summed E-state index contributed by atoms with van der Waals surface area (Å²) in [6, 6.07) is 7.76. The Hall–Kier alpha value is -1.97. The summed E-state index contributed by atoms with van der Waals surface area (Å²) in [5.41, 5.74) is -0.429. The molecule has 0 saturated carbocycles. The number of benzene rings is 1. The van der Waals surface area contributed by atoms with Crippen molar-refractivity contribution in [2.45, 2.75) is 31.2 Å². The van der Waals surface area contributed by atoms with Crippen molar-refractivity contribution in [1.29, 1.82) is 0 Å². The van der Waals surface area contributed by atoms with Crippen LogP contribution in [0.3, 0.4) is 0 Å². The summed E-state index contributed by atoms with van der Waals surface area (Å²) < 4.78 is 26.6. The van der Waals surface area contributed by atoms with E-state index in [4.69, 9.17) is 0 Å². The van der Waals surface area contributed by atoms with Crippen LogP contribution < -0.4 is 10.6 Å². The topological polar surface area (TPSA) is 98.8 Å². The molecule has 1 heterocycles. The number of piperazine rings is 1. The zero-order chi connectivity index (χ0) is 19.4. The number of nitrogens with one attached hydrogen (secondary N) is 2. The number of sulfonamides is 1. The molecule has 2 N–H and O–H groups in total. The molecule has 0 bridgehead atoms. The van der Waals surface area contributed by atoms with Crippen molar-refractivity contribution in [2.24, 2.45) is 0 Å². The van der Waals surface area contributed by atoms with Gasteiger partial charge in [-0.05, 0) is 32.9 Å². The fourth-order valence-electron chi connectivity index (χ4n) is 2.61. The van der Waals surface area contributed by atoms with Gasteiger partial charge in [-0.3, -0.25) is 15.0 Å². The van der Waals surface area contributed by atoms with Crippen molar-refractivity contribution in [3.8, 4) is 0 Å². The Balaban J connectivity index is 1.83. The monoisotopic (exact) mass is 382 g/mol. The van der Waals surface area contributed by atoms with Crippen LogP contribution in [0.2, 0.25) is 0 Å². The molecular weight excluding hydrogens is 356 g/mol. The average Bonchev–Trinajstić information content (AvgIpc) is 2.54. The summed E-state index contributed by atoms with van der Waals surface area (Å²) in [5, 5.41) is 4.94. The van der Waals surface area contributed by atoms with Crippen LogP contribution in [-0.4, -0.2) is 67.8 Å². The molecule has 1 aromatic rings. The van der Waals surface area contributed by atoms with E-state index in [1.807, 2.05) is 25.7 Å². The Bertz CT molecular complexity index is 736. The minimum Gasteiger partial charge on any atom is -0.333 e. The average molecular weight is 382 g/mol. The molecule has 26 heavy (non-hydrogen) atoms. The van der Waals surface area contributed by atoms with E-state index in [9.17, 15) is 18.0 Å². The van der Waals surface area contributed by atoms with Crippen LogP contribution in [-0.2, 0) is 14.8 Å². The number of hydrogen-bond acceptors (Lipinski definition) is 5. The molecule has 2 rings (SSSR count). The van der Waals surface area contributed by atoms with E-state index in [0.717, 1.165) is 0 Å². The number of nitrogens with zero attached hydrogens (tertiary/aromatic N) is 2. The quantitative estimate of drug-likeness (QED) is 0.795. The number of imide groups is 1. The van der Waals surface area contributed by atoms with Gasteiger partial charge in [0.1, 0.15) is 0 Å². The highest BCUT2D eigenvalue weighted by molar-refractivity contribution is 7.89. The first-order valence-corrected chi connectivity index (χ1v) is 9.91. The fraction of sp³-hybridized carbons (Fsp3) is 0.529. The van der Waals surface area contributed by atoms with Gasteiger partial charge < -0.3 is 5.32 Å². The number of urea groups is 1. The van der Waals surface area contributed by atoms with Crippen LogP contribution in [0.25, 0.3) is 0 Å². The van der Waals surface area contributed by atoms with E-state index in [-0.39, 0.29) is 11.4 Å². The van der Waals surface area contributed by atoms with E-state index in [2.05, 4.69) is 10.6 Å². The summed E-state index contributed by atoms with van der Waals surface area (Å²) in [7, 11) is -3.51. The number of rotatable bonds is 4. The minimum atomic E-state index is -3.51. The molecule has 1 aliphatic rings. The van der Waals surface area contributed by atoms with Crippen LogP contribution in [0, 0.1) is 0 Å². The maximum atomic E-state index is 12.6. The van der Waals surface area contributed by atoms with Gasteiger partial charge in [0, 0.05) is 31.7 Å². The van der Waals surface area contributed by atoms with Crippen LogP contribution in [0.15, 0.2) is 35.2 Å². The van der Waals surface area contributed by atoms with Gasteiger partial charge in [0.25, 0.3) is 0 Å². The van der Waals surface area contributed by atoms with Crippen LogP contribution in [0.1, 0.15) is 20.8 Å². The fourth-order valence-corrected chi connectivity index (χ4v) is 4.05. The summed E-state index contributed by atoms with van der Waals surface area (Å²) in [4.78, 5) is 25.8. The lowest BCUT2D eigenvalue weighted by Crippen LogP contribution is -2.53. The maximum absolute atomic E-state index is 12.6. The highest BCUT2D eigenvalue weighted by Crippen LogP contribution is 2.16. The van der Waals surface area contributed by atoms with E-state index < -0.39 is 27.5 Å². The Morgan fingerprint density at radius 1 is 1.04 bits per heavy atom. The standard InChI is InChI=1S/C17H26N4O4S/c1-17(2,3)19-16(23)18-15(22)13-20-9-11-21(12-10-20)26(24,25)14-7-5-4-6-8-14/h4-8H,9-13H2,1-3H3,(H2,18,19,22,23). The van der Waals surface area contributed by atoms with Crippen molar-refractivity contribution in [3.63, 3.8) is 0 Å². The van der Waals surface area contributed by atoms with Crippen LogP contribution in [0.4, 0.5) is 4.79 Å². The van der Waals surface area contributed by atoms with Gasteiger partial charge in [0.2, 0.25) is 15.9 Å². The first kappa shape index (κ1) is 20.3. The Morgan fingerprint density at radius 2 is 1.62 bits per heavy atom. The second-order valence-electron chi connectivity index (χ2n) is 7.25. The number of carbonyl (C=O) groups is 2. The van der Waals surface area contributed by atoms with Gasteiger partial charge in [0.15, 0.2) is 0 Å². The lowest BCUT2D eigenvalue weighted by Gasteiger charge is -2.33. The SMILES string of the molecule is CC(C)(C)NC(=O)NC(=O)CN1CCN(S(=O)(=O)c2ccccc2)CC1. The lowest BCUT2D eigenvalue weighted by molar-refractivity contribution is -0.121. The van der Waals surface area contributed by atoms with Crippen molar-refractivity contribution >= 4 is 22.0 Å². The second kappa shape index (κ2) is 8.15. The number of amides is 3. The molecule has 0 spiro atoms. The smallest absolute Gasteiger partial charge is 0.321 e. The predicted molar refractivity (Wildman–Crippen MR) is 98.1 cm³/mol. The molecule has 0 radical (unpaired) electrons. The van der Waals surface area contributed by atoms with Crippen molar-refractivity contribution in [3.05, 3.63) is 30.3 Å². The van der Waals surface area contributed by atoms with Crippen molar-refractivity contribution in [2.75, 3.05) is 32.7 Å². The second-order valence-corrected chi connectivity index (χ2v) is 9.18. The molecule has 1 aliphatic heterocycles. The molecule has 9 heteroatoms. The number of carbonyl (C=O) groups excluding carboxylic acids is 2. The first-order valence-electron chi connectivity index (χ1n) is 8.47. The first-order chi connectivity index (χ1) is 12.1. The molecule has 0 aliphatic carbocycles. The Kier molecular flexibility index (Phi) is 6.38. The third-order valence-electron chi connectivity index (χ3n) is 3.82. The summed E-state index contributed by atoms with van der Waals surface area (Å²) in [6.07, 6.45) is 0. The van der Waals surface area contributed by atoms with Gasteiger partial charge >= 0.3 is 6.03 Å². The lowest BCUT2D eigenvalue weighted by atomic mass is 10.1. The molecule has 1 aromatic carbocycles. The van der Waals surface area contributed by atoms with Gasteiger partial charge in [-0.1, -0.05) is 18.2 Å². The third-order valence-corrected chi connectivity index (χ3v) is 5.73. The molecule has 8 nitrogen and oxygen atoms in total. The summed E-state index contributed by atoms with van der Waals surface area (Å²) in [6.45, 7) is 6.99. The largest absolute Gasteiger partial charge is 0.333 e.